The van der Waals surface area contributed by atoms with Gasteiger partial charge in [0, 0.05) is 17.6 Å². The minimum Gasteiger partial charge on any atom is -0.318 e. The Hall–Kier alpha value is -2.38. The number of nitrogens with zero attached hydrogens (tertiary/aromatic N) is 4. The monoisotopic (exact) mass is 317 g/mol. The number of nitro benzene ring substituents is 1. The van der Waals surface area contributed by atoms with E-state index >= 15 is 0 Å². The second-order valence-electron chi connectivity index (χ2n) is 3.35. The molecule has 106 valence electrons. The predicted molar refractivity (Wildman–Crippen MR) is 69.4 cm³/mol. The van der Waals surface area contributed by atoms with Gasteiger partial charge in [-0.05, 0) is 17.3 Å². The lowest BCUT2D eigenvalue weighted by atomic mass is 10.3. The second-order valence-corrected chi connectivity index (χ2v) is 5.77. The molecule has 0 aliphatic rings. The zero-order valence-corrected chi connectivity index (χ0v) is 11.2. The quantitative estimate of drug-likeness (QED) is 0.388. The SMILES string of the molecule is NNc1cc(S(=O)(=O)Nc2nnns2)ccc1[N+](=O)[O-]. The molecule has 0 radical (unpaired) electrons. The Labute approximate surface area is 116 Å². The van der Waals surface area contributed by atoms with E-state index in [9.17, 15) is 18.5 Å². The molecule has 11 nitrogen and oxygen atoms in total. The normalized spacial score (nSPS) is 11.1. The maximum atomic E-state index is 12.0. The Kier molecular flexibility index (Phi) is 3.73. The zero-order valence-electron chi connectivity index (χ0n) is 9.55. The smallest absolute Gasteiger partial charge is 0.293 e. The third-order valence-corrected chi connectivity index (χ3v) is 4.13. The number of hydrazine groups is 1. The van der Waals surface area contributed by atoms with Crippen molar-refractivity contribution in [3.05, 3.63) is 28.3 Å². The number of benzene rings is 1. The summed E-state index contributed by atoms with van der Waals surface area (Å²) in [7, 11) is -3.96. The molecule has 1 heterocycles. The highest BCUT2D eigenvalue weighted by Crippen LogP contribution is 2.27. The highest BCUT2D eigenvalue weighted by molar-refractivity contribution is 7.93. The van der Waals surface area contributed by atoms with Gasteiger partial charge in [-0.25, -0.2) is 8.42 Å². The molecule has 1 aromatic heterocycles. The van der Waals surface area contributed by atoms with Gasteiger partial charge in [-0.15, -0.1) is 0 Å². The Morgan fingerprint density at radius 3 is 2.70 bits per heavy atom. The fraction of sp³-hybridized carbons (Fsp3) is 0. The summed E-state index contributed by atoms with van der Waals surface area (Å²) in [4.78, 5) is 9.81. The first kappa shape index (κ1) is 14.0. The first-order valence-electron chi connectivity index (χ1n) is 4.87. The first-order valence-corrected chi connectivity index (χ1v) is 7.12. The van der Waals surface area contributed by atoms with Crippen molar-refractivity contribution in [2.75, 3.05) is 10.1 Å². The topological polar surface area (TPSA) is 166 Å². The summed E-state index contributed by atoms with van der Waals surface area (Å²) in [5.41, 5.74) is 1.60. The van der Waals surface area contributed by atoms with Crippen molar-refractivity contribution in [2.24, 2.45) is 5.84 Å². The number of hydrogen-bond acceptors (Lipinski definition) is 10. The van der Waals surface area contributed by atoms with Crippen LogP contribution in [-0.4, -0.2) is 28.1 Å². The Balaban J connectivity index is 2.40. The van der Waals surface area contributed by atoms with Crippen LogP contribution in [0.4, 0.5) is 16.5 Å². The van der Waals surface area contributed by atoms with Gasteiger partial charge in [0.15, 0.2) is 0 Å². The molecule has 2 rings (SSSR count). The van der Waals surface area contributed by atoms with Crippen molar-refractivity contribution in [3.63, 3.8) is 0 Å². The Bertz CT molecular complexity index is 730. The summed E-state index contributed by atoms with van der Waals surface area (Å²) in [6, 6.07) is 3.15. The van der Waals surface area contributed by atoms with E-state index in [1.54, 1.807) is 0 Å². The van der Waals surface area contributed by atoms with Crippen LogP contribution in [0.3, 0.4) is 0 Å². The van der Waals surface area contributed by atoms with Crippen LogP contribution in [0.15, 0.2) is 23.1 Å². The largest absolute Gasteiger partial charge is 0.318 e. The number of nitrogens with two attached hydrogens (primary N) is 1. The van der Waals surface area contributed by atoms with Crippen LogP contribution in [-0.2, 0) is 10.0 Å². The third-order valence-electron chi connectivity index (χ3n) is 2.15. The molecular formula is C7H7N7O4S2. The van der Waals surface area contributed by atoms with Crippen molar-refractivity contribution in [2.45, 2.75) is 4.90 Å². The molecule has 20 heavy (non-hydrogen) atoms. The maximum absolute atomic E-state index is 12.0. The molecule has 0 spiro atoms. The molecule has 0 unspecified atom stereocenters. The van der Waals surface area contributed by atoms with Crippen molar-refractivity contribution >= 4 is 38.1 Å². The van der Waals surface area contributed by atoms with E-state index in [1.807, 2.05) is 0 Å². The lowest BCUT2D eigenvalue weighted by Gasteiger charge is -2.07. The number of aromatic nitrogens is 3. The van der Waals surface area contributed by atoms with Crippen LogP contribution in [0.1, 0.15) is 0 Å². The minimum atomic E-state index is -3.96. The lowest BCUT2D eigenvalue weighted by molar-refractivity contribution is -0.384. The van der Waals surface area contributed by atoms with Crippen molar-refractivity contribution in [1.29, 1.82) is 0 Å². The molecule has 2 aromatic rings. The summed E-state index contributed by atoms with van der Waals surface area (Å²) in [6.45, 7) is 0. The van der Waals surface area contributed by atoms with E-state index < -0.39 is 14.9 Å². The number of nitrogen functional groups attached to an aromatic ring is 1. The van der Waals surface area contributed by atoms with Gasteiger partial charge in [0.05, 0.1) is 9.82 Å². The first-order chi connectivity index (χ1) is 9.44. The summed E-state index contributed by atoms with van der Waals surface area (Å²) < 4.78 is 29.6. The minimum absolute atomic E-state index is 0.0226. The standard InChI is InChI=1S/C7H7N7O4S2/c8-9-5-3-4(1-2-6(5)14(15)16)20(17,18)11-7-10-12-13-19-7/h1-3,9H,8H2,(H,10,11,13). The third kappa shape index (κ3) is 2.79. The van der Waals surface area contributed by atoms with Gasteiger partial charge in [-0.1, -0.05) is 9.59 Å². The number of anilines is 2. The Morgan fingerprint density at radius 1 is 1.40 bits per heavy atom. The van der Waals surface area contributed by atoms with Crippen LogP contribution in [0.2, 0.25) is 0 Å². The fourth-order valence-corrected chi connectivity index (χ4v) is 2.91. The van der Waals surface area contributed by atoms with Gasteiger partial charge < -0.3 is 5.43 Å². The van der Waals surface area contributed by atoms with Crippen LogP contribution in [0.5, 0.6) is 0 Å². The number of nitrogens with one attached hydrogen (secondary N) is 2. The average molecular weight is 317 g/mol. The molecule has 0 saturated heterocycles. The lowest BCUT2D eigenvalue weighted by Crippen LogP contribution is -2.15. The van der Waals surface area contributed by atoms with Gasteiger partial charge in [0.25, 0.3) is 15.7 Å². The van der Waals surface area contributed by atoms with E-state index in [0.717, 1.165) is 29.7 Å². The second kappa shape index (κ2) is 5.32. The summed E-state index contributed by atoms with van der Waals surface area (Å²) in [6.07, 6.45) is 0. The van der Waals surface area contributed by atoms with Crippen LogP contribution >= 0.6 is 11.5 Å². The molecule has 0 aliphatic carbocycles. The maximum Gasteiger partial charge on any atom is 0.293 e. The van der Waals surface area contributed by atoms with Crippen molar-refractivity contribution in [1.82, 2.24) is 14.8 Å². The molecule has 0 aliphatic heterocycles. The number of rotatable bonds is 5. The fourth-order valence-electron chi connectivity index (χ4n) is 1.30. The van der Waals surface area contributed by atoms with Crippen LogP contribution in [0, 0.1) is 10.1 Å². The van der Waals surface area contributed by atoms with Crippen LogP contribution < -0.4 is 16.0 Å². The number of sulfonamides is 1. The molecule has 1 aromatic carbocycles. The van der Waals surface area contributed by atoms with Gasteiger partial charge in [-0.3, -0.25) is 20.7 Å². The highest BCUT2D eigenvalue weighted by atomic mass is 32.2. The molecule has 0 saturated carbocycles. The van der Waals surface area contributed by atoms with E-state index in [2.05, 4.69) is 24.9 Å². The van der Waals surface area contributed by atoms with Crippen molar-refractivity contribution in [3.8, 4) is 0 Å². The predicted octanol–water partition coefficient (Wildman–Crippen LogP) is -0.0723. The molecule has 0 amide bonds. The molecule has 0 bridgehead atoms. The van der Waals surface area contributed by atoms with Gasteiger partial charge >= 0.3 is 0 Å². The summed E-state index contributed by atoms with van der Waals surface area (Å²) >= 11 is 0.751. The van der Waals surface area contributed by atoms with Gasteiger partial charge in [0.1, 0.15) is 5.69 Å². The van der Waals surface area contributed by atoms with E-state index in [0.29, 0.717) is 0 Å². The van der Waals surface area contributed by atoms with Crippen molar-refractivity contribution < 1.29 is 13.3 Å². The summed E-state index contributed by atoms with van der Waals surface area (Å²) in [5, 5.41) is 17.4. The molecule has 0 atom stereocenters. The molecule has 4 N–H and O–H groups in total. The van der Waals surface area contributed by atoms with Gasteiger partial charge in [0.2, 0.25) is 5.13 Å². The molecule has 13 heteroatoms. The highest BCUT2D eigenvalue weighted by Gasteiger charge is 2.21. The van der Waals surface area contributed by atoms with E-state index in [1.165, 1.54) is 0 Å². The average Bonchev–Trinajstić information content (AvgIpc) is 2.89. The molecular weight excluding hydrogens is 310 g/mol. The Morgan fingerprint density at radius 2 is 2.15 bits per heavy atom. The zero-order chi connectivity index (χ0) is 14.8. The van der Waals surface area contributed by atoms with Crippen LogP contribution in [0.25, 0.3) is 0 Å². The summed E-state index contributed by atoms with van der Waals surface area (Å²) in [5.74, 6) is 5.14. The number of nitro groups is 1. The van der Waals surface area contributed by atoms with Gasteiger partial charge in [-0.2, -0.15) is 0 Å². The van der Waals surface area contributed by atoms with E-state index in [-0.39, 0.29) is 21.4 Å². The van der Waals surface area contributed by atoms with E-state index in [4.69, 9.17) is 5.84 Å². The molecule has 0 fully saturated rings. The number of hydrogen-bond donors (Lipinski definition) is 3.